The van der Waals surface area contributed by atoms with Crippen molar-refractivity contribution >= 4 is 170 Å². The molecule has 0 amide bonds. The van der Waals surface area contributed by atoms with Crippen molar-refractivity contribution in [2.75, 3.05) is 0 Å². The molecule has 0 atom stereocenters. The Morgan fingerprint density at radius 2 is 0.589 bits per heavy atom. The summed E-state index contributed by atoms with van der Waals surface area (Å²) in [5.41, 5.74) is 28.0. The second-order valence-corrected chi connectivity index (χ2v) is 170. The van der Waals surface area contributed by atoms with E-state index in [0.29, 0.717) is 5.92 Å². The number of hydrogen-bond acceptors (Lipinski definition) is 9. The van der Waals surface area contributed by atoms with E-state index in [-0.39, 0.29) is 60.3 Å². The van der Waals surface area contributed by atoms with Crippen molar-refractivity contribution in [1.29, 1.82) is 0 Å². The Kier molecular flexibility index (Phi) is 38.8. The average Bonchev–Trinajstić information content (AvgIpc) is 0.720. The molecule has 9 heterocycles. The van der Waals surface area contributed by atoms with Crippen LogP contribution in [0.1, 0.15) is 58.4 Å². The average molecular weight is 2670 g/mol. The summed E-state index contributed by atoms with van der Waals surface area (Å²) in [6.07, 6.45) is 13.5. The van der Waals surface area contributed by atoms with Crippen LogP contribution in [0.4, 0.5) is 0 Å². The molecule has 0 aliphatic rings. The molecule has 18 rings (SSSR count). The smallest absolute Gasteiger partial charge is 0.123 e. The predicted molar refractivity (Wildman–Crippen MR) is 651 cm³/mol. The van der Waals surface area contributed by atoms with Gasteiger partial charge in [-0.05, 0) is 132 Å². The van der Waals surface area contributed by atoms with E-state index in [1.807, 2.05) is 97.5 Å². The van der Waals surface area contributed by atoms with E-state index in [1.165, 1.54) is 38.9 Å². The van der Waals surface area contributed by atoms with Crippen LogP contribution in [0.2, 0.25) is 177 Å². The summed E-state index contributed by atoms with van der Waals surface area (Å²) >= 11 is 0. The van der Waals surface area contributed by atoms with Gasteiger partial charge in [0.05, 0.1) is 36.6 Å². The minimum absolute atomic E-state index is 0. The second kappa shape index (κ2) is 47.4. The number of hydrogen-bond donors (Lipinski definition) is 0. The van der Waals surface area contributed by atoms with Crippen molar-refractivity contribution in [3.8, 4) is 67.5 Å². The van der Waals surface area contributed by atoms with Crippen LogP contribution >= 0.6 is 0 Å². The van der Waals surface area contributed by atoms with Crippen molar-refractivity contribution in [2.45, 2.75) is 246 Å². The van der Waals surface area contributed by atoms with E-state index in [1.54, 1.807) is 21.1 Å². The number of fused-ring (bicyclic) bond motifs is 9. The molecule has 0 bridgehead atoms. The van der Waals surface area contributed by atoms with Crippen LogP contribution in [-0.4, -0.2) is 118 Å². The van der Waals surface area contributed by atoms with Crippen molar-refractivity contribution in [3.63, 3.8) is 0 Å². The van der Waals surface area contributed by atoms with E-state index in [9.17, 15) is 0 Å². The maximum absolute atomic E-state index is 6.26. The van der Waals surface area contributed by atoms with Gasteiger partial charge >= 0.3 is 0 Å². The first-order chi connectivity index (χ1) is 66.8. The molecule has 9 aromatic heterocycles. The van der Waals surface area contributed by atoms with Gasteiger partial charge in [-0.2, -0.15) is 0 Å². The minimum atomic E-state index is -1.75. The first kappa shape index (κ1) is 120. The molecule has 0 saturated heterocycles. The summed E-state index contributed by atoms with van der Waals surface area (Å²) in [5, 5.41) is 11.8. The molecule has 0 fully saturated rings. The first-order valence-electron chi connectivity index (χ1n) is 51.0. The van der Waals surface area contributed by atoms with Gasteiger partial charge in [-0.25, -0.2) is 0 Å². The van der Waals surface area contributed by atoms with Crippen molar-refractivity contribution in [1.82, 2.24) is 29.9 Å². The molecule has 9 nitrogen and oxygen atoms in total. The monoisotopic (exact) mass is 2670 g/mol. The fourth-order valence-electron chi connectivity index (χ4n) is 26.8. The summed E-state index contributed by atoms with van der Waals surface area (Å²) in [4.78, 5) is 28.3. The van der Waals surface area contributed by atoms with Crippen molar-refractivity contribution < 1.29 is 73.6 Å². The van der Waals surface area contributed by atoms with Gasteiger partial charge in [0.25, 0.3) is 0 Å². The topological polar surface area (TPSA) is 117 Å². The van der Waals surface area contributed by atoms with Gasteiger partial charge in [0, 0.05) is 171 Å². The Balaban J connectivity index is 0.000000186. The third-order valence-electron chi connectivity index (χ3n) is 29.1. The Morgan fingerprint density at radius 1 is 0.260 bits per heavy atom. The van der Waals surface area contributed by atoms with Crippen LogP contribution < -0.4 is 15.6 Å². The van der Waals surface area contributed by atoms with E-state index in [4.69, 9.17) is 28.2 Å². The van der Waals surface area contributed by atoms with E-state index in [0.717, 1.165) is 140 Å². The summed E-state index contributed by atoms with van der Waals surface area (Å²) in [6, 6.07) is 97.3. The number of aromatic nitrogens is 6. The van der Waals surface area contributed by atoms with Crippen molar-refractivity contribution in [3.05, 3.63) is 343 Å². The molecule has 0 N–H and O–H groups in total. The largest absolute Gasteiger partial charge is 0.501 e. The molecule has 771 valence electrons. The van der Waals surface area contributed by atoms with Gasteiger partial charge in [-0.1, -0.05) is 375 Å². The first-order valence-corrected chi connectivity index (χ1v) is 97.5. The molecule has 0 spiro atoms. The maximum atomic E-state index is 6.26. The fraction of sp³-hybridized carbons (Fsp3) is 0.311. The molecule has 18 aromatic rings. The number of benzene rings is 9. The van der Waals surface area contributed by atoms with Gasteiger partial charge in [-0.15, -0.1) is 160 Å². The van der Waals surface area contributed by atoms with Crippen molar-refractivity contribution in [2.24, 2.45) is 5.92 Å². The molecule has 146 heavy (non-hydrogen) atoms. The van der Waals surface area contributed by atoms with Crippen LogP contribution in [0, 0.1) is 90.8 Å². The Bertz CT molecular complexity index is 7200. The normalized spacial score (nSPS) is 12.4. The molecular weight excluding hydrogens is 2510 g/mol. The number of nitrogens with zero attached hydrogens (tertiary/aromatic N) is 6. The van der Waals surface area contributed by atoms with Crippen LogP contribution in [-0.2, 0) is 66.7 Å². The second-order valence-electron chi connectivity index (χ2n) is 49.3. The van der Waals surface area contributed by atoms with Gasteiger partial charge in [0.15, 0.2) is 0 Å². The maximum Gasteiger partial charge on any atom is 0.123 e. The molecule has 9 aromatic carbocycles. The zero-order chi connectivity index (χ0) is 105. The number of pyridine rings is 6. The molecule has 0 saturated carbocycles. The molecule has 0 unspecified atom stereocenters. The zero-order valence-electron chi connectivity index (χ0n) is 93.5. The standard InChI is InChI=1S/C30H44NOSi4.C27H38NOSi4.C26H36NOSi4.3C13H12N.3Ir/c1-22(2)18-24-19-27(23-16-17-26-25-14-12-13-15-28(25)32-29(26)20-23)31-21-30(24)36(33(3,4)5,34(6,7)8)35(9,10)11;1-20-17-24(21-15-16-23-22-13-11-12-14-25(22)29-26(23)18-21)28-19-27(20)33(30(2,3)4,31(5,6)7)32(8,9)10;1-29(2,3)32(30(4,5)6,31(7,8)9)20-17-18-24(27-19-20)23-15-12-14-22-21-13-10-11-16-25(21)28-26(22)23;3*1-10-3-5-12(6-4-10)13-9-11(2)7-8-14-13;;;/h12-15,17,19-22H,18H2,1-11H3;11-14,16-19H,1-10H3;10-14,16-19H,1-9H3;3*3-5,7-9H,1-2H3;;;/q6*-1;;;. The molecule has 3 radical (unpaired) electrons. The van der Waals surface area contributed by atoms with Gasteiger partial charge in [-0.3, -0.25) is 0 Å². The third kappa shape index (κ3) is 25.4. The Morgan fingerprint density at radius 3 is 0.925 bits per heavy atom. The SMILES string of the molecule is CC(C)Cc1cc(-c2[c-]cc3c(c2)oc2ccccc23)ncc1[Si]([Si](C)(C)C)([Si](C)(C)C)[Si](C)(C)C.C[Si](C)(C)[Si](c1ccc(-c2[c-]ccc3c2oc2ccccc23)nc1)([Si](C)(C)C)[Si](C)(C)C.Cc1c[c-]c(-c2cc(C)ccn2)cc1.Cc1c[c-]c(-c2cc(C)ccn2)cc1.Cc1c[c-]c(-c2cc(C)ccn2)cc1.Cc1cc(-c2[c-]cc3c(c2)oc2ccccc23)ncc1[Si]([Si](C)(C)C)([Si](C)(C)C)[Si](C)(C)C.[Ir].[Ir].[Ir]. The Hall–Kier alpha value is -8.17. The summed E-state index contributed by atoms with van der Waals surface area (Å²) in [7, 11) is -13.0. The van der Waals surface area contributed by atoms with Crippen LogP contribution in [0.15, 0.2) is 275 Å². The molecule has 0 aliphatic heterocycles. The van der Waals surface area contributed by atoms with Crippen LogP contribution in [0.5, 0.6) is 0 Å². The van der Waals surface area contributed by atoms with Gasteiger partial charge < -0.3 is 43.2 Å². The van der Waals surface area contributed by atoms with Gasteiger partial charge in [0.1, 0.15) is 16.7 Å². The number of aryl methyl sites for hydroxylation is 7. The van der Waals surface area contributed by atoms with Crippen LogP contribution in [0.3, 0.4) is 0 Å². The van der Waals surface area contributed by atoms with E-state index >= 15 is 0 Å². The fourth-order valence-corrected chi connectivity index (χ4v) is 328. The van der Waals surface area contributed by atoms with E-state index < -0.39 is 88.2 Å². The minimum Gasteiger partial charge on any atom is -0.501 e. The predicted octanol–water partition coefficient (Wildman–Crippen LogP) is 33.1. The van der Waals surface area contributed by atoms with Gasteiger partial charge in [0.2, 0.25) is 0 Å². The summed E-state index contributed by atoms with van der Waals surface area (Å²) in [5.74, 6) is 0.609. The summed E-state index contributed by atoms with van der Waals surface area (Å²) in [6.45, 7) is 85.9. The zero-order valence-corrected chi connectivity index (χ0v) is 113. The number of rotatable bonds is 20. The quantitative estimate of drug-likeness (QED) is 0.0543. The number of furan rings is 3. The van der Waals surface area contributed by atoms with E-state index in [2.05, 4.69) is 455 Å². The van der Waals surface area contributed by atoms with Crippen LogP contribution in [0.25, 0.3) is 133 Å². The molecular formula is C122H154Ir3N6O3Si12-6. The molecule has 24 heteroatoms. The Labute approximate surface area is 925 Å². The third-order valence-corrected chi connectivity index (χ3v) is 243. The molecule has 0 aliphatic carbocycles. The number of para-hydroxylation sites is 3. The summed E-state index contributed by atoms with van der Waals surface area (Å²) < 4.78 is 18.6.